The van der Waals surface area contributed by atoms with E-state index in [1.54, 1.807) is 0 Å². The van der Waals surface area contributed by atoms with Gasteiger partial charge in [-0.25, -0.2) is 0 Å². The first-order valence-corrected chi connectivity index (χ1v) is 5.14. The zero-order chi connectivity index (χ0) is 8.97. The van der Waals surface area contributed by atoms with Crippen molar-refractivity contribution in [3.8, 4) is 0 Å². The van der Waals surface area contributed by atoms with E-state index in [-0.39, 0.29) is 0 Å². The van der Waals surface area contributed by atoms with Gasteiger partial charge in [-0.3, -0.25) is 0 Å². The van der Waals surface area contributed by atoms with Crippen LogP contribution in [0.4, 0.5) is 0 Å². The van der Waals surface area contributed by atoms with Crippen molar-refractivity contribution in [2.24, 2.45) is 11.7 Å². The van der Waals surface area contributed by atoms with Crippen LogP contribution in [0.15, 0.2) is 0 Å². The molecule has 1 unspecified atom stereocenters. The lowest BCUT2D eigenvalue weighted by molar-refractivity contribution is 0.332. The first kappa shape index (κ1) is 9.93. The molecule has 0 spiro atoms. The fraction of sp³-hybridized carbons (Fsp3) is 0.889. The molecule has 0 radical (unpaired) electrons. The molecular formula is C9H18N2S. The largest absolute Gasteiger partial charge is 0.393 e. The molecule has 1 heterocycles. The van der Waals surface area contributed by atoms with Gasteiger partial charge in [-0.2, -0.15) is 0 Å². The number of nitrogens with zero attached hydrogens (tertiary/aromatic N) is 1. The molecule has 0 saturated carbocycles. The Labute approximate surface area is 80.1 Å². The molecule has 1 saturated heterocycles. The van der Waals surface area contributed by atoms with Crippen LogP contribution in [0.2, 0.25) is 0 Å². The lowest BCUT2D eigenvalue weighted by Gasteiger charge is -2.14. The zero-order valence-electron chi connectivity index (χ0n) is 7.75. The Bertz CT molecular complexity index is 159. The number of hydrogen-bond acceptors (Lipinski definition) is 2. The third kappa shape index (κ3) is 3.07. The van der Waals surface area contributed by atoms with E-state index < -0.39 is 0 Å². The smallest absolute Gasteiger partial charge is 0.0740 e. The van der Waals surface area contributed by atoms with Crippen LogP contribution in [0.3, 0.4) is 0 Å². The molecule has 0 amide bonds. The maximum absolute atomic E-state index is 5.44. The molecule has 1 fully saturated rings. The Balaban J connectivity index is 2.15. The number of likely N-dealkylation sites (tertiary alicyclic amines) is 1. The molecule has 0 aliphatic carbocycles. The highest BCUT2D eigenvalue weighted by Gasteiger charge is 2.19. The van der Waals surface area contributed by atoms with Crippen LogP contribution >= 0.6 is 12.2 Å². The number of thiocarbonyl (C=S) groups is 1. The second-order valence-electron chi connectivity index (χ2n) is 3.58. The summed E-state index contributed by atoms with van der Waals surface area (Å²) in [5, 5.41) is 0. The standard InChI is InChI=1S/C9H18N2S/c1-2-8-3-5-11(7-8)6-4-9(10)12/h8H,2-7H2,1H3,(H2,10,12). The van der Waals surface area contributed by atoms with Crippen LogP contribution < -0.4 is 5.73 Å². The maximum Gasteiger partial charge on any atom is 0.0740 e. The zero-order valence-corrected chi connectivity index (χ0v) is 8.57. The highest BCUT2D eigenvalue weighted by Crippen LogP contribution is 2.18. The summed E-state index contributed by atoms with van der Waals surface area (Å²) in [6.07, 6.45) is 3.54. The summed E-state index contributed by atoms with van der Waals surface area (Å²) in [6, 6.07) is 0. The molecule has 0 aromatic carbocycles. The molecule has 2 nitrogen and oxygen atoms in total. The molecule has 1 aliphatic rings. The Morgan fingerprint density at radius 2 is 2.42 bits per heavy atom. The minimum absolute atomic E-state index is 0.648. The topological polar surface area (TPSA) is 29.3 Å². The summed E-state index contributed by atoms with van der Waals surface area (Å²) in [5.41, 5.74) is 5.44. The van der Waals surface area contributed by atoms with Crippen LogP contribution in [0.1, 0.15) is 26.2 Å². The lowest BCUT2D eigenvalue weighted by Crippen LogP contribution is -2.25. The molecular weight excluding hydrogens is 168 g/mol. The van der Waals surface area contributed by atoms with Gasteiger partial charge in [-0.15, -0.1) is 0 Å². The second-order valence-corrected chi connectivity index (χ2v) is 4.10. The van der Waals surface area contributed by atoms with E-state index in [9.17, 15) is 0 Å². The number of nitrogens with two attached hydrogens (primary N) is 1. The van der Waals surface area contributed by atoms with Crippen molar-refractivity contribution >= 4 is 17.2 Å². The Kier molecular flexibility index (Phi) is 3.95. The quantitative estimate of drug-likeness (QED) is 0.673. The fourth-order valence-electron chi connectivity index (χ4n) is 1.72. The van der Waals surface area contributed by atoms with Gasteiger partial charge in [0.2, 0.25) is 0 Å². The van der Waals surface area contributed by atoms with Gasteiger partial charge in [-0.1, -0.05) is 25.6 Å². The van der Waals surface area contributed by atoms with E-state index in [1.165, 1.54) is 25.9 Å². The predicted octanol–water partition coefficient (Wildman–Crippen LogP) is 1.39. The van der Waals surface area contributed by atoms with Gasteiger partial charge in [0.15, 0.2) is 0 Å². The number of hydrogen-bond donors (Lipinski definition) is 1. The molecule has 70 valence electrons. The molecule has 1 aliphatic heterocycles. The lowest BCUT2D eigenvalue weighted by atomic mass is 10.1. The van der Waals surface area contributed by atoms with Crippen molar-refractivity contribution in [3.05, 3.63) is 0 Å². The van der Waals surface area contributed by atoms with Crippen molar-refractivity contribution in [3.63, 3.8) is 0 Å². The summed E-state index contributed by atoms with van der Waals surface area (Å²) in [4.78, 5) is 3.11. The van der Waals surface area contributed by atoms with Crippen molar-refractivity contribution in [2.45, 2.75) is 26.2 Å². The van der Waals surface area contributed by atoms with E-state index in [2.05, 4.69) is 11.8 Å². The Morgan fingerprint density at radius 3 is 2.92 bits per heavy atom. The van der Waals surface area contributed by atoms with Crippen LogP contribution in [-0.4, -0.2) is 29.5 Å². The molecule has 0 aromatic heterocycles. The highest BCUT2D eigenvalue weighted by atomic mass is 32.1. The van der Waals surface area contributed by atoms with Gasteiger partial charge >= 0.3 is 0 Å². The van der Waals surface area contributed by atoms with Gasteiger partial charge in [-0.05, 0) is 18.9 Å². The summed E-state index contributed by atoms with van der Waals surface area (Å²) in [6.45, 7) is 5.81. The summed E-state index contributed by atoms with van der Waals surface area (Å²) >= 11 is 4.84. The second kappa shape index (κ2) is 4.77. The van der Waals surface area contributed by atoms with Crippen molar-refractivity contribution in [1.82, 2.24) is 4.90 Å². The average molecular weight is 186 g/mol. The van der Waals surface area contributed by atoms with Gasteiger partial charge in [0.1, 0.15) is 0 Å². The normalized spacial score (nSPS) is 24.6. The Hall–Kier alpha value is -0.150. The molecule has 0 aromatic rings. The monoisotopic (exact) mass is 186 g/mol. The van der Waals surface area contributed by atoms with E-state index in [0.717, 1.165) is 18.9 Å². The third-order valence-electron chi connectivity index (χ3n) is 2.62. The average Bonchev–Trinajstić information content (AvgIpc) is 2.48. The third-order valence-corrected chi connectivity index (χ3v) is 2.83. The molecule has 12 heavy (non-hydrogen) atoms. The van der Waals surface area contributed by atoms with Crippen molar-refractivity contribution in [1.29, 1.82) is 0 Å². The summed E-state index contributed by atoms with van der Waals surface area (Å²) in [7, 11) is 0. The molecule has 1 rings (SSSR count). The summed E-state index contributed by atoms with van der Waals surface area (Å²) < 4.78 is 0. The summed E-state index contributed by atoms with van der Waals surface area (Å²) in [5.74, 6) is 0.913. The first-order chi connectivity index (χ1) is 5.72. The van der Waals surface area contributed by atoms with E-state index >= 15 is 0 Å². The van der Waals surface area contributed by atoms with Crippen LogP contribution in [-0.2, 0) is 0 Å². The van der Waals surface area contributed by atoms with E-state index in [1.807, 2.05) is 0 Å². The van der Waals surface area contributed by atoms with Crippen molar-refractivity contribution in [2.75, 3.05) is 19.6 Å². The van der Waals surface area contributed by atoms with E-state index in [0.29, 0.717) is 4.99 Å². The Morgan fingerprint density at radius 1 is 1.67 bits per heavy atom. The molecule has 0 bridgehead atoms. The van der Waals surface area contributed by atoms with Gasteiger partial charge < -0.3 is 10.6 Å². The van der Waals surface area contributed by atoms with Gasteiger partial charge in [0, 0.05) is 19.5 Å². The van der Waals surface area contributed by atoms with Crippen LogP contribution in [0, 0.1) is 5.92 Å². The van der Waals surface area contributed by atoms with Gasteiger partial charge in [0.25, 0.3) is 0 Å². The fourth-order valence-corrected chi connectivity index (χ4v) is 1.81. The predicted molar refractivity (Wildman–Crippen MR) is 56.2 cm³/mol. The van der Waals surface area contributed by atoms with Crippen LogP contribution in [0.25, 0.3) is 0 Å². The number of rotatable bonds is 4. The first-order valence-electron chi connectivity index (χ1n) is 4.73. The highest BCUT2D eigenvalue weighted by molar-refractivity contribution is 7.80. The minimum Gasteiger partial charge on any atom is -0.393 e. The van der Waals surface area contributed by atoms with Crippen molar-refractivity contribution < 1.29 is 0 Å². The minimum atomic E-state index is 0.648. The van der Waals surface area contributed by atoms with E-state index in [4.69, 9.17) is 18.0 Å². The SMILES string of the molecule is CCC1CCN(CCC(N)=S)C1. The molecule has 1 atom stereocenters. The maximum atomic E-state index is 5.44. The molecule has 2 N–H and O–H groups in total. The molecule has 3 heteroatoms. The van der Waals surface area contributed by atoms with Gasteiger partial charge in [0.05, 0.1) is 4.99 Å². The van der Waals surface area contributed by atoms with Crippen LogP contribution in [0.5, 0.6) is 0 Å².